The highest BCUT2D eigenvalue weighted by molar-refractivity contribution is 7.92. The van der Waals surface area contributed by atoms with Crippen LogP contribution in [-0.4, -0.2) is 14.3 Å². The van der Waals surface area contributed by atoms with E-state index in [0.717, 1.165) is 0 Å². The van der Waals surface area contributed by atoms with Gasteiger partial charge in [-0.3, -0.25) is 4.79 Å². The molecule has 5 heteroatoms. The molecule has 0 aromatic heterocycles. The molecule has 0 bridgehead atoms. The van der Waals surface area contributed by atoms with Crippen molar-refractivity contribution in [1.82, 2.24) is 0 Å². The maximum atomic E-state index is 12.8. The van der Waals surface area contributed by atoms with E-state index in [0.29, 0.717) is 11.3 Å². The Morgan fingerprint density at radius 2 is 1.60 bits per heavy atom. The summed E-state index contributed by atoms with van der Waals surface area (Å²) in [6, 6.07) is 15.4. The number of rotatable bonds is 1. The molecule has 0 aliphatic carbocycles. The molecule has 0 saturated carbocycles. The van der Waals surface area contributed by atoms with Crippen LogP contribution < -0.4 is 5.32 Å². The van der Waals surface area contributed by atoms with E-state index in [2.05, 4.69) is 5.32 Å². The largest absolute Gasteiger partial charge is 0.325 e. The van der Waals surface area contributed by atoms with Crippen molar-refractivity contribution in [1.29, 1.82) is 0 Å². The molecule has 0 fully saturated rings. The summed E-state index contributed by atoms with van der Waals surface area (Å²) in [4.78, 5) is 12.1. The molecule has 3 rings (SSSR count). The minimum Gasteiger partial charge on any atom is -0.325 e. The van der Waals surface area contributed by atoms with Crippen LogP contribution in [0.15, 0.2) is 59.5 Å². The molecule has 1 aliphatic rings. The molecule has 1 aliphatic heterocycles. The van der Waals surface area contributed by atoms with Gasteiger partial charge in [-0.15, -0.1) is 0 Å². The minimum absolute atomic E-state index is 0.0684. The van der Waals surface area contributed by atoms with Gasteiger partial charge < -0.3 is 5.32 Å². The van der Waals surface area contributed by atoms with Gasteiger partial charge in [-0.1, -0.05) is 42.5 Å². The summed E-state index contributed by atoms with van der Waals surface area (Å²) in [5.41, 5.74) is 0.996. The first-order valence-electron chi connectivity index (χ1n) is 6.27. The lowest BCUT2D eigenvalue weighted by Gasteiger charge is -2.14. The zero-order valence-corrected chi connectivity index (χ0v) is 11.4. The summed E-state index contributed by atoms with van der Waals surface area (Å²) in [5, 5.41) is 1.82. The van der Waals surface area contributed by atoms with Crippen LogP contribution in [0.5, 0.6) is 0 Å². The van der Waals surface area contributed by atoms with Crippen LogP contribution in [0.1, 0.15) is 17.2 Å². The minimum atomic E-state index is -3.59. The number of fused-ring (bicyclic) bond motifs is 1. The lowest BCUT2D eigenvalue weighted by molar-refractivity contribution is -0.116. The van der Waals surface area contributed by atoms with E-state index in [9.17, 15) is 13.2 Å². The smallest absolute Gasteiger partial charge is 0.226 e. The zero-order valence-electron chi connectivity index (χ0n) is 10.6. The van der Waals surface area contributed by atoms with E-state index < -0.39 is 15.1 Å². The Bertz CT molecular complexity index is 754. The van der Waals surface area contributed by atoms with Gasteiger partial charge in [0.1, 0.15) is 0 Å². The molecule has 1 atom stereocenters. The third-order valence-corrected chi connectivity index (χ3v) is 5.54. The molecule has 1 heterocycles. The first kappa shape index (κ1) is 12.9. The van der Waals surface area contributed by atoms with Crippen molar-refractivity contribution in [2.75, 3.05) is 5.32 Å². The third kappa shape index (κ3) is 2.10. The van der Waals surface area contributed by atoms with Gasteiger partial charge in [0, 0.05) is 6.42 Å². The molecule has 2 aromatic rings. The number of nitrogens with one attached hydrogen (secondary N) is 1. The summed E-state index contributed by atoms with van der Waals surface area (Å²) in [7, 11) is -3.59. The van der Waals surface area contributed by atoms with E-state index in [4.69, 9.17) is 0 Å². The van der Waals surface area contributed by atoms with Crippen LogP contribution in [0.4, 0.5) is 5.69 Å². The van der Waals surface area contributed by atoms with Crippen LogP contribution in [0, 0.1) is 0 Å². The summed E-state index contributed by atoms with van der Waals surface area (Å²) >= 11 is 0. The molecule has 4 nitrogen and oxygen atoms in total. The Kier molecular flexibility index (Phi) is 3.06. The Hall–Kier alpha value is -2.14. The van der Waals surface area contributed by atoms with Gasteiger partial charge in [0.2, 0.25) is 5.91 Å². The normalized spacial score (nSPS) is 20.6. The van der Waals surface area contributed by atoms with Gasteiger partial charge >= 0.3 is 0 Å². The number of carbonyl (C=O) groups excluding carboxylic acids is 1. The van der Waals surface area contributed by atoms with Gasteiger partial charge in [0.25, 0.3) is 0 Å². The topological polar surface area (TPSA) is 63.2 Å². The van der Waals surface area contributed by atoms with Gasteiger partial charge in [-0.25, -0.2) is 8.42 Å². The van der Waals surface area contributed by atoms with Gasteiger partial charge in [-0.2, -0.15) is 0 Å². The van der Waals surface area contributed by atoms with E-state index >= 15 is 0 Å². The molecule has 1 amide bonds. The second-order valence-corrected chi connectivity index (χ2v) is 6.79. The number of hydrogen-bond donors (Lipinski definition) is 1. The van der Waals surface area contributed by atoms with Crippen LogP contribution in [0.2, 0.25) is 0 Å². The number of hydrogen-bond acceptors (Lipinski definition) is 3. The molecule has 20 heavy (non-hydrogen) atoms. The molecule has 102 valence electrons. The highest BCUT2D eigenvalue weighted by Crippen LogP contribution is 2.37. The first-order chi connectivity index (χ1) is 9.59. The maximum absolute atomic E-state index is 12.8. The number of carbonyl (C=O) groups is 1. The fraction of sp³-hybridized carbons (Fsp3) is 0.133. The van der Waals surface area contributed by atoms with Crippen LogP contribution >= 0.6 is 0 Å². The molecule has 2 aromatic carbocycles. The fourth-order valence-corrected chi connectivity index (χ4v) is 4.30. The summed E-state index contributed by atoms with van der Waals surface area (Å²) in [6.45, 7) is 0. The molecule has 0 radical (unpaired) electrons. The van der Waals surface area contributed by atoms with Crippen molar-refractivity contribution in [2.24, 2.45) is 0 Å². The Morgan fingerprint density at radius 3 is 2.35 bits per heavy atom. The highest BCUT2D eigenvalue weighted by atomic mass is 32.2. The average molecular weight is 287 g/mol. The fourth-order valence-electron chi connectivity index (χ4n) is 2.42. The molecular weight excluding hydrogens is 274 g/mol. The SMILES string of the molecule is O=C1C[C@H](c2ccccc2)S(=O)(=O)c2ccccc2N1. The number of para-hydroxylation sites is 1. The van der Waals surface area contributed by atoms with Crippen molar-refractivity contribution in [3.63, 3.8) is 0 Å². The zero-order chi connectivity index (χ0) is 14.2. The monoisotopic (exact) mass is 287 g/mol. The van der Waals surface area contributed by atoms with Crippen molar-refractivity contribution < 1.29 is 13.2 Å². The second kappa shape index (κ2) is 4.76. The van der Waals surface area contributed by atoms with Gasteiger partial charge in [-0.05, 0) is 17.7 Å². The van der Waals surface area contributed by atoms with Crippen molar-refractivity contribution >= 4 is 21.4 Å². The summed E-state index contributed by atoms with van der Waals surface area (Å²) in [5.74, 6) is -0.285. The van der Waals surface area contributed by atoms with E-state index in [1.165, 1.54) is 6.07 Å². The number of sulfone groups is 1. The van der Waals surface area contributed by atoms with E-state index in [1.54, 1.807) is 42.5 Å². The first-order valence-corrected chi connectivity index (χ1v) is 7.81. The number of amides is 1. The van der Waals surface area contributed by atoms with E-state index in [1.807, 2.05) is 6.07 Å². The molecule has 0 unspecified atom stereocenters. The lowest BCUT2D eigenvalue weighted by Crippen LogP contribution is -2.16. The average Bonchev–Trinajstić information content (AvgIpc) is 2.55. The summed E-state index contributed by atoms with van der Waals surface area (Å²) in [6.07, 6.45) is -0.0684. The second-order valence-electron chi connectivity index (χ2n) is 4.69. The molecule has 0 spiro atoms. The van der Waals surface area contributed by atoms with Crippen LogP contribution in [0.3, 0.4) is 0 Å². The highest BCUT2D eigenvalue weighted by Gasteiger charge is 2.35. The standard InChI is InChI=1S/C15H13NO3S/c17-15-10-14(11-6-2-1-3-7-11)20(18,19)13-9-5-4-8-12(13)16-15/h1-9,14H,10H2,(H,16,17)/t14-/m1/s1. The quantitative estimate of drug-likeness (QED) is 0.876. The Balaban J connectivity index is 2.20. The van der Waals surface area contributed by atoms with Crippen LogP contribution in [0.25, 0.3) is 0 Å². The van der Waals surface area contributed by atoms with Crippen molar-refractivity contribution in [3.8, 4) is 0 Å². The number of benzene rings is 2. The van der Waals surface area contributed by atoms with Crippen molar-refractivity contribution in [3.05, 3.63) is 60.2 Å². The molecule has 0 saturated heterocycles. The summed E-state index contributed by atoms with van der Waals surface area (Å²) < 4.78 is 25.6. The van der Waals surface area contributed by atoms with Gasteiger partial charge in [0.05, 0.1) is 15.8 Å². The molecule has 1 N–H and O–H groups in total. The van der Waals surface area contributed by atoms with Crippen LogP contribution in [-0.2, 0) is 14.6 Å². The Morgan fingerprint density at radius 1 is 0.950 bits per heavy atom. The molecular formula is C15H13NO3S. The Labute approximate surface area is 117 Å². The predicted octanol–water partition coefficient (Wildman–Crippen LogP) is 2.54. The van der Waals surface area contributed by atoms with Gasteiger partial charge in [0.15, 0.2) is 9.84 Å². The van der Waals surface area contributed by atoms with Crippen molar-refractivity contribution in [2.45, 2.75) is 16.6 Å². The third-order valence-electron chi connectivity index (χ3n) is 3.38. The number of anilines is 1. The lowest BCUT2D eigenvalue weighted by atomic mass is 10.1. The van der Waals surface area contributed by atoms with E-state index in [-0.39, 0.29) is 17.2 Å². The maximum Gasteiger partial charge on any atom is 0.226 e. The predicted molar refractivity (Wildman–Crippen MR) is 76.1 cm³/mol.